The molecule has 0 aliphatic heterocycles. The number of thioether (sulfide) groups is 1. The molecule has 2 N–H and O–H groups in total. The molecule has 1 aliphatic carbocycles. The highest BCUT2D eigenvalue weighted by molar-refractivity contribution is 7.99. The molecule has 0 unspecified atom stereocenters. The molecule has 0 amide bonds. The number of anilines is 1. The maximum atomic E-state index is 5.84. The molecule has 1 saturated carbocycles. The smallest absolute Gasteiger partial charge is 0.222 e. The van der Waals surface area contributed by atoms with Crippen LogP contribution in [-0.4, -0.2) is 27.1 Å². The van der Waals surface area contributed by atoms with Gasteiger partial charge >= 0.3 is 0 Å². The summed E-state index contributed by atoms with van der Waals surface area (Å²) in [5, 5.41) is 8.98. The number of ether oxygens (including phenoxy) is 1. The van der Waals surface area contributed by atoms with Crippen LogP contribution in [0, 0.1) is 6.92 Å². The summed E-state index contributed by atoms with van der Waals surface area (Å²) in [5.41, 5.74) is 7.07. The fourth-order valence-corrected chi connectivity index (χ4v) is 2.82. The minimum Gasteiger partial charge on any atom is -0.493 e. The average molecular weight is 290 g/mol. The number of hydrogen-bond donors (Lipinski definition) is 1. The molecule has 0 saturated heterocycles. The summed E-state index contributed by atoms with van der Waals surface area (Å²) in [7, 11) is 0. The molecule has 3 rings (SSSR count). The summed E-state index contributed by atoms with van der Waals surface area (Å²) in [6.07, 6.45) is 2.35. The SMILES string of the molecule is Cc1ccc(OCCSc2nnc(N)n2C2CC2)cc1. The van der Waals surface area contributed by atoms with Gasteiger partial charge in [-0.1, -0.05) is 29.5 Å². The van der Waals surface area contributed by atoms with Gasteiger partial charge in [0.05, 0.1) is 6.61 Å². The topological polar surface area (TPSA) is 66.0 Å². The summed E-state index contributed by atoms with van der Waals surface area (Å²) >= 11 is 1.64. The molecule has 20 heavy (non-hydrogen) atoms. The Morgan fingerprint density at radius 3 is 2.75 bits per heavy atom. The van der Waals surface area contributed by atoms with Crippen molar-refractivity contribution in [2.24, 2.45) is 0 Å². The predicted octanol–water partition coefficient (Wildman–Crippen LogP) is 2.67. The number of aromatic nitrogens is 3. The van der Waals surface area contributed by atoms with E-state index in [0.29, 0.717) is 18.6 Å². The van der Waals surface area contributed by atoms with Crippen LogP contribution >= 0.6 is 11.8 Å². The lowest BCUT2D eigenvalue weighted by atomic mass is 10.2. The number of nitrogens with zero attached hydrogens (tertiary/aromatic N) is 3. The Labute approximate surface area is 122 Å². The maximum absolute atomic E-state index is 5.84. The lowest BCUT2D eigenvalue weighted by Crippen LogP contribution is -2.04. The van der Waals surface area contributed by atoms with Gasteiger partial charge in [0, 0.05) is 11.8 Å². The molecule has 106 valence electrons. The number of nitrogens with two attached hydrogens (primary N) is 1. The predicted molar refractivity (Wildman–Crippen MR) is 80.1 cm³/mol. The molecule has 2 aromatic rings. The minimum absolute atomic E-state index is 0.505. The molecule has 5 nitrogen and oxygen atoms in total. The third-order valence-electron chi connectivity index (χ3n) is 3.21. The third-order valence-corrected chi connectivity index (χ3v) is 4.11. The van der Waals surface area contributed by atoms with Crippen molar-refractivity contribution < 1.29 is 4.74 Å². The Bertz CT molecular complexity index is 577. The van der Waals surface area contributed by atoms with Crippen molar-refractivity contribution in [1.82, 2.24) is 14.8 Å². The summed E-state index contributed by atoms with van der Waals surface area (Å²) in [6, 6.07) is 8.58. The number of benzene rings is 1. The van der Waals surface area contributed by atoms with E-state index in [0.717, 1.165) is 16.7 Å². The van der Waals surface area contributed by atoms with E-state index < -0.39 is 0 Å². The normalized spacial score (nSPS) is 14.4. The van der Waals surface area contributed by atoms with Gasteiger partial charge in [-0.25, -0.2) is 0 Å². The fourth-order valence-electron chi connectivity index (χ4n) is 1.99. The van der Waals surface area contributed by atoms with E-state index in [1.807, 2.05) is 28.8 Å². The Morgan fingerprint density at radius 1 is 1.30 bits per heavy atom. The molecule has 1 heterocycles. The van der Waals surface area contributed by atoms with E-state index in [1.165, 1.54) is 18.4 Å². The Kier molecular flexibility index (Phi) is 3.82. The summed E-state index contributed by atoms with van der Waals surface area (Å²) in [5.74, 6) is 2.26. The molecule has 0 radical (unpaired) electrons. The van der Waals surface area contributed by atoms with Gasteiger partial charge in [0.25, 0.3) is 0 Å². The van der Waals surface area contributed by atoms with E-state index in [9.17, 15) is 0 Å². The number of hydrogen-bond acceptors (Lipinski definition) is 5. The molecular weight excluding hydrogens is 272 g/mol. The highest BCUT2D eigenvalue weighted by atomic mass is 32.2. The van der Waals surface area contributed by atoms with E-state index in [1.54, 1.807) is 11.8 Å². The van der Waals surface area contributed by atoms with Crippen LogP contribution in [0.4, 0.5) is 5.95 Å². The van der Waals surface area contributed by atoms with Gasteiger partial charge in [0.2, 0.25) is 5.95 Å². The largest absolute Gasteiger partial charge is 0.493 e. The Balaban J connectivity index is 1.49. The van der Waals surface area contributed by atoms with Crippen molar-refractivity contribution in [1.29, 1.82) is 0 Å². The van der Waals surface area contributed by atoms with Crippen LogP contribution < -0.4 is 10.5 Å². The fraction of sp³-hybridized carbons (Fsp3) is 0.429. The van der Waals surface area contributed by atoms with Gasteiger partial charge in [0.1, 0.15) is 5.75 Å². The van der Waals surface area contributed by atoms with Gasteiger partial charge in [-0.3, -0.25) is 4.57 Å². The average Bonchev–Trinajstić information content (AvgIpc) is 3.21. The van der Waals surface area contributed by atoms with Crippen molar-refractivity contribution >= 4 is 17.7 Å². The second-order valence-corrected chi connectivity index (χ2v) is 6.01. The van der Waals surface area contributed by atoms with E-state index >= 15 is 0 Å². The monoisotopic (exact) mass is 290 g/mol. The number of rotatable bonds is 6. The molecule has 0 spiro atoms. The van der Waals surface area contributed by atoms with Crippen molar-refractivity contribution in [3.8, 4) is 5.75 Å². The summed E-state index contributed by atoms with van der Waals surface area (Å²) in [6.45, 7) is 2.71. The van der Waals surface area contributed by atoms with Crippen LogP contribution in [0.15, 0.2) is 29.4 Å². The van der Waals surface area contributed by atoms with E-state index in [4.69, 9.17) is 10.5 Å². The second kappa shape index (κ2) is 5.75. The van der Waals surface area contributed by atoms with Crippen molar-refractivity contribution in [2.75, 3.05) is 18.1 Å². The van der Waals surface area contributed by atoms with Crippen LogP contribution in [0.1, 0.15) is 24.4 Å². The first kappa shape index (κ1) is 13.3. The number of nitrogen functional groups attached to an aromatic ring is 1. The highest BCUT2D eigenvalue weighted by Crippen LogP contribution is 2.39. The highest BCUT2D eigenvalue weighted by Gasteiger charge is 2.28. The van der Waals surface area contributed by atoms with Crippen molar-refractivity contribution in [3.63, 3.8) is 0 Å². The molecule has 1 aromatic carbocycles. The zero-order chi connectivity index (χ0) is 13.9. The molecule has 1 fully saturated rings. The third kappa shape index (κ3) is 3.07. The van der Waals surface area contributed by atoms with Crippen LogP contribution in [0.5, 0.6) is 5.75 Å². The molecule has 1 aromatic heterocycles. The molecule has 0 atom stereocenters. The lowest BCUT2D eigenvalue weighted by Gasteiger charge is -2.07. The molecule has 1 aliphatic rings. The van der Waals surface area contributed by atoms with E-state index in [2.05, 4.69) is 17.1 Å². The van der Waals surface area contributed by atoms with Gasteiger partial charge < -0.3 is 10.5 Å². The van der Waals surface area contributed by atoms with Crippen molar-refractivity contribution in [2.45, 2.75) is 31.0 Å². The van der Waals surface area contributed by atoms with Gasteiger partial charge in [-0.2, -0.15) is 0 Å². The van der Waals surface area contributed by atoms with Crippen LogP contribution in [0.25, 0.3) is 0 Å². The van der Waals surface area contributed by atoms with Gasteiger partial charge in [-0.15, -0.1) is 10.2 Å². The lowest BCUT2D eigenvalue weighted by molar-refractivity contribution is 0.343. The molecule has 0 bridgehead atoms. The first-order chi connectivity index (χ1) is 9.74. The van der Waals surface area contributed by atoms with Crippen LogP contribution in [0.3, 0.4) is 0 Å². The summed E-state index contributed by atoms with van der Waals surface area (Å²) in [4.78, 5) is 0. The zero-order valence-corrected chi connectivity index (χ0v) is 12.3. The number of aryl methyl sites for hydroxylation is 1. The van der Waals surface area contributed by atoms with Crippen LogP contribution in [-0.2, 0) is 0 Å². The first-order valence-corrected chi connectivity index (χ1v) is 7.75. The Hall–Kier alpha value is -1.69. The second-order valence-electron chi connectivity index (χ2n) is 4.95. The maximum Gasteiger partial charge on any atom is 0.222 e. The van der Waals surface area contributed by atoms with Crippen LogP contribution in [0.2, 0.25) is 0 Å². The van der Waals surface area contributed by atoms with Gasteiger partial charge in [-0.05, 0) is 31.9 Å². The Morgan fingerprint density at radius 2 is 2.05 bits per heavy atom. The van der Waals surface area contributed by atoms with E-state index in [-0.39, 0.29) is 0 Å². The van der Waals surface area contributed by atoms with Crippen molar-refractivity contribution in [3.05, 3.63) is 29.8 Å². The minimum atomic E-state index is 0.505. The molecular formula is C14H18N4OS. The first-order valence-electron chi connectivity index (χ1n) is 6.76. The zero-order valence-electron chi connectivity index (χ0n) is 11.5. The van der Waals surface area contributed by atoms with Gasteiger partial charge in [0.15, 0.2) is 5.16 Å². The molecule has 6 heteroatoms. The standard InChI is InChI=1S/C14H18N4OS/c1-10-2-6-12(7-3-10)19-8-9-20-14-17-16-13(15)18(14)11-4-5-11/h2-3,6-7,11H,4-5,8-9H2,1H3,(H2,15,16). The quantitative estimate of drug-likeness (QED) is 0.654. The summed E-state index contributed by atoms with van der Waals surface area (Å²) < 4.78 is 7.73.